The molecule has 9 heteroatoms. The van der Waals surface area contributed by atoms with Crippen molar-refractivity contribution in [3.8, 4) is 5.69 Å². The van der Waals surface area contributed by atoms with Gasteiger partial charge in [0.15, 0.2) is 0 Å². The van der Waals surface area contributed by atoms with Gasteiger partial charge in [0.2, 0.25) is 0 Å². The van der Waals surface area contributed by atoms with Gasteiger partial charge in [-0.05, 0) is 52.9 Å². The lowest BCUT2D eigenvalue weighted by molar-refractivity contribution is 0.0707. The van der Waals surface area contributed by atoms with E-state index in [9.17, 15) is 9.18 Å². The third-order valence-corrected chi connectivity index (χ3v) is 4.40. The van der Waals surface area contributed by atoms with Crippen molar-refractivity contribution in [1.29, 1.82) is 0 Å². The molecular weight excluding hydrogens is 462 g/mol. The molecule has 0 saturated heterocycles. The molecule has 0 unspecified atom stereocenters. The van der Waals surface area contributed by atoms with Gasteiger partial charge in [0, 0.05) is 16.0 Å². The van der Waals surface area contributed by atoms with Crippen LogP contribution < -0.4 is 10.8 Å². The van der Waals surface area contributed by atoms with E-state index in [4.69, 9.17) is 16.8 Å². The predicted octanol–water partition coefficient (Wildman–Crippen LogP) is 4.13. The Morgan fingerprint density at radius 2 is 2.08 bits per heavy atom. The number of rotatable bonds is 4. The summed E-state index contributed by atoms with van der Waals surface area (Å²) >= 11 is 8.33. The van der Waals surface area contributed by atoms with Crippen molar-refractivity contribution in [3.63, 3.8) is 0 Å². The van der Waals surface area contributed by atoms with E-state index < -0.39 is 11.7 Å². The summed E-state index contributed by atoms with van der Waals surface area (Å²) in [6, 6.07) is 7.79. The van der Waals surface area contributed by atoms with Crippen molar-refractivity contribution in [2.45, 2.75) is 0 Å². The van der Waals surface area contributed by atoms with Crippen molar-refractivity contribution in [1.82, 2.24) is 15.0 Å². The minimum atomic E-state index is -0.847. The van der Waals surface area contributed by atoms with Crippen molar-refractivity contribution in [2.24, 2.45) is 0 Å². The number of nitrogens with one attached hydrogen (secondary N) is 2. The van der Waals surface area contributed by atoms with E-state index in [1.165, 1.54) is 28.6 Å². The minimum absolute atomic E-state index is 0.0709. The van der Waals surface area contributed by atoms with Gasteiger partial charge in [-0.3, -0.25) is 10.0 Å². The highest BCUT2D eigenvalue weighted by molar-refractivity contribution is 14.1. The number of hydrogen-bond acceptors (Lipinski definition) is 4. The average Bonchev–Trinajstić information content (AvgIpc) is 3.12. The second kappa shape index (κ2) is 7.38. The Kier molecular flexibility index (Phi) is 5.21. The second-order valence-corrected chi connectivity index (χ2v) is 6.66. The Labute approximate surface area is 160 Å². The standard InChI is InChI=1S/C16H11ClFIN4O2/c17-11-5-9(19)1-2-13(11)21-14-7-15(23-4-3-20-8-23)12(18)6-10(14)16(24)22-25/h1-8,21,25H,(H,22,24). The summed E-state index contributed by atoms with van der Waals surface area (Å²) in [6.45, 7) is 0. The Morgan fingerprint density at radius 1 is 1.28 bits per heavy atom. The maximum absolute atomic E-state index is 14.4. The lowest BCUT2D eigenvalue weighted by atomic mass is 10.1. The molecule has 3 rings (SSSR count). The average molecular weight is 473 g/mol. The Bertz CT molecular complexity index is 934. The normalized spacial score (nSPS) is 10.6. The third-order valence-electron chi connectivity index (χ3n) is 3.42. The van der Waals surface area contributed by atoms with Crippen LogP contribution in [0.4, 0.5) is 15.8 Å². The van der Waals surface area contributed by atoms with Crippen molar-refractivity contribution in [3.05, 3.63) is 69.0 Å². The molecule has 0 saturated carbocycles. The first-order valence-electron chi connectivity index (χ1n) is 6.98. The molecule has 6 nitrogen and oxygen atoms in total. The zero-order chi connectivity index (χ0) is 18.0. The van der Waals surface area contributed by atoms with Gasteiger partial charge < -0.3 is 9.88 Å². The van der Waals surface area contributed by atoms with Crippen LogP contribution in [0.1, 0.15) is 10.4 Å². The topological polar surface area (TPSA) is 79.2 Å². The first-order chi connectivity index (χ1) is 12.0. The van der Waals surface area contributed by atoms with Gasteiger partial charge in [-0.25, -0.2) is 14.9 Å². The maximum Gasteiger partial charge on any atom is 0.276 e. The number of hydrogen-bond donors (Lipinski definition) is 3. The van der Waals surface area contributed by atoms with E-state index >= 15 is 0 Å². The SMILES string of the molecule is O=C(NO)c1cc(F)c(-n2ccnc2)cc1Nc1ccc(I)cc1Cl. The first-order valence-corrected chi connectivity index (χ1v) is 8.43. The summed E-state index contributed by atoms with van der Waals surface area (Å²) in [6.07, 6.45) is 4.52. The lowest BCUT2D eigenvalue weighted by Crippen LogP contribution is -2.20. The van der Waals surface area contributed by atoms with Crippen molar-refractivity contribution >= 4 is 51.5 Å². The lowest BCUT2D eigenvalue weighted by Gasteiger charge is -2.15. The van der Waals surface area contributed by atoms with Crippen LogP contribution >= 0.6 is 34.2 Å². The van der Waals surface area contributed by atoms with Gasteiger partial charge in [-0.2, -0.15) is 0 Å². The molecule has 0 aliphatic carbocycles. The van der Waals surface area contributed by atoms with Crippen LogP contribution in [0.3, 0.4) is 0 Å². The molecule has 0 bridgehead atoms. The van der Waals surface area contributed by atoms with Crippen LogP contribution in [0.25, 0.3) is 5.69 Å². The highest BCUT2D eigenvalue weighted by atomic mass is 127. The van der Waals surface area contributed by atoms with E-state index in [2.05, 4.69) is 32.9 Å². The molecule has 1 heterocycles. The van der Waals surface area contributed by atoms with Gasteiger partial charge >= 0.3 is 0 Å². The molecule has 1 amide bonds. The van der Waals surface area contributed by atoms with Crippen LogP contribution in [0.5, 0.6) is 0 Å². The number of aromatic nitrogens is 2. The minimum Gasteiger partial charge on any atom is -0.354 e. The Hall–Kier alpha value is -2.17. The Balaban J connectivity index is 2.11. The van der Waals surface area contributed by atoms with Gasteiger partial charge in [0.1, 0.15) is 5.82 Å². The number of amides is 1. The third kappa shape index (κ3) is 3.75. The summed E-state index contributed by atoms with van der Waals surface area (Å²) in [4.78, 5) is 15.8. The molecule has 128 valence electrons. The molecule has 3 aromatic rings. The smallest absolute Gasteiger partial charge is 0.276 e. The number of imidazole rings is 1. The molecule has 1 aromatic heterocycles. The molecular formula is C16H11ClFIN4O2. The highest BCUT2D eigenvalue weighted by Gasteiger charge is 2.17. The molecule has 3 N–H and O–H groups in total. The number of hydroxylamine groups is 1. The second-order valence-electron chi connectivity index (χ2n) is 5.01. The van der Waals surface area contributed by atoms with E-state index in [1.54, 1.807) is 18.3 Å². The van der Waals surface area contributed by atoms with Crippen LogP contribution in [0.15, 0.2) is 49.1 Å². The van der Waals surface area contributed by atoms with Gasteiger partial charge in [-0.15, -0.1) is 0 Å². The van der Waals surface area contributed by atoms with E-state index in [-0.39, 0.29) is 16.9 Å². The Morgan fingerprint density at radius 3 is 2.72 bits per heavy atom. The van der Waals surface area contributed by atoms with Crippen molar-refractivity contribution in [2.75, 3.05) is 5.32 Å². The first kappa shape index (κ1) is 17.6. The van der Waals surface area contributed by atoms with Crippen LogP contribution in [0.2, 0.25) is 5.02 Å². The molecule has 0 aliphatic heterocycles. The highest BCUT2D eigenvalue weighted by Crippen LogP contribution is 2.31. The number of carbonyl (C=O) groups excluding carboxylic acids is 1. The van der Waals surface area contributed by atoms with Crippen molar-refractivity contribution < 1.29 is 14.4 Å². The molecule has 2 aromatic carbocycles. The quantitative estimate of drug-likeness (QED) is 0.303. The molecule has 25 heavy (non-hydrogen) atoms. The number of nitrogens with zero attached hydrogens (tertiary/aromatic N) is 2. The molecule has 0 fully saturated rings. The van der Waals surface area contributed by atoms with Crippen LogP contribution in [-0.2, 0) is 0 Å². The number of anilines is 2. The zero-order valence-corrected chi connectivity index (χ0v) is 15.4. The zero-order valence-electron chi connectivity index (χ0n) is 12.5. The van der Waals surface area contributed by atoms with Crippen LogP contribution in [0, 0.1) is 9.39 Å². The monoisotopic (exact) mass is 472 g/mol. The summed E-state index contributed by atoms with van der Waals surface area (Å²) in [7, 11) is 0. The van der Waals surface area contributed by atoms with Gasteiger partial charge in [0.25, 0.3) is 5.91 Å². The molecule has 0 atom stereocenters. The summed E-state index contributed by atoms with van der Waals surface area (Å²) < 4.78 is 16.8. The van der Waals surface area contributed by atoms with E-state index in [0.717, 1.165) is 9.64 Å². The number of carbonyl (C=O) groups is 1. The van der Waals surface area contributed by atoms with Gasteiger partial charge in [0.05, 0.1) is 34.0 Å². The van der Waals surface area contributed by atoms with Crippen LogP contribution in [-0.4, -0.2) is 20.7 Å². The molecule has 0 radical (unpaired) electrons. The molecule has 0 aliphatic rings. The number of benzene rings is 2. The van der Waals surface area contributed by atoms with E-state index in [1.807, 2.05) is 6.07 Å². The number of halogens is 3. The largest absolute Gasteiger partial charge is 0.354 e. The summed E-state index contributed by atoms with van der Waals surface area (Å²) in [5.74, 6) is -1.49. The summed E-state index contributed by atoms with van der Waals surface area (Å²) in [5, 5.41) is 12.4. The fourth-order valence-electron chi connectivity index (χ4n) is 2.25. The van der Waals surface area contributed by atoms with Gasteiger partial charge in [-0.1, -0.05) is 11.6 Å². The predicted molar refractivity (Wildman–Crippen MR) is 100 cm³/mol. The maximum atomic E-state index is 14.4. The molecule has 0 spiro atoms. The van der Waals surface area contributed by atoms with E-state index in [0.29, 0.717) is 10.7 Å². The fraction of sp³-hybridized carbons (Fsp3) is 0. The fourth-order valence-corrected chi connectivity index (χ4v) is 3.15. The summed E-state index contributed by atoms with van der Waals surface area (Å²) in [5.41, 5.74) is 2.45.